The number of aryl methyl sites for hydroxylation is 1. The van der Waals surface area contributed by atoms with Crippen molar-refractivity contribution >= 4 is 11.0 Å². The van der Waals surface area contributed by atoms with E-state index in [4.69, 9.17) is 9.72 Å². The summed E-state index contributed by atoms with van der Waals surface area (Å²) >= 11 is 0. The maximum absolute atomic E-state index is 11.8. The van der Waals surface area contributed by atoms with E-state index in [-0.39, 0.29) is 17.6 Å². The molecule has 1 aliphatic carbocycles. The summed E-state index contributed by atoms with van der Waals surface area (Å²) in [5.74, 6) is 2.48. The number of rotatable bonds is 4. The molecule has 0 spiro atoms. The molecule has 1 fully saturated rings. The maximum Gasteiger partial charge on any atom is 0.250 e. The summed E-state index contributed by atoms with van der Waals surface area (Å²) in [5, 5.41) is 9.65. The summed E-state index contributed by atoms with van der Waals surface area (Å²) in [6, 6.07) is 16.9. The molecule has 2 heterocycles. The highest BCUT2D eigenvalue weighted by molar-refractivity contribution is 5.91. The first-order chi connectivity index (χ1) is 14.1. The first-order valence-electron chi connectivity index (χ1n) is 9.69. The Labute approximate surface area is 167 Å². The number of ether oxygens (including phenoxy) is 1. The Morgan fingerprint density at radius 1 is 1.10 bits per heavy atom. The molecule has 1 aliphatic rings. The molecule has 29 heavy (non-hydrogen) atoms. The van der Waals surface area contributed by atoms with Crippen molar-refractivity contribution in [1.29, 1.82) is 0 Å². The van der Waals surface area contributed by atoms with Crippen molar-refractivity contribution in [2.45, 2.75) is 24.9 Å². The predicted octanol–water partition coefficient (Wildman–Crippen LogP) is 3.96. The number of nitrogens with one attached hydrogen (secondary N) is 1. The van der Waals surface area contributed by atoms with Gasteiger partial charge in [-0.3, -0.25) is 4.79 Å². The summed E-state index contributed by atoms with van der Waals surface area (Å²) in [5.41, 5.74) is 3.32. The molecule has 6 nitrogen and oxygen atoms in total. The number of H-pyrrole nitrogens is 1. The van der Waals surface area contributed by atoms with Gasteiger partial charge in [-0.25, -0.2) is 4.98 Å². The molecule has 2 aromatic carbocycles. The Morgan fingerprint density at radius 3 is 2.62 bits per heavy atom. The fraction of sp³-hybridized carbons (Fsp3) is 0.217. The van der Waals surface area contributed by atoms with Gasteiger partial charge in [-0.05, 0) is 43.2 Å². The van der Waals surface area contributed by atoms with Crippen LogP contribution in [-0.4, -0.2) is 25.7 Å². The van der Waals surface area contributed by atoms with Crippen LogP contribution in [0.3, 0.4) is 0 Å². The number of aliphatic hydroxyl groups is 1. The molecule has 146 valence electrons. The third kappa shape index (κ3) is 3.21. The van der Waals surface area contributed by atoms with Crippen molar-refractivity contribution in [3.63, 3.8) is 0 Å². The lowest BCUT2D eigenvalue weighted by Crippen LogP contribution is -2.27. The molecule has 0 amide bonds. The molecule has 0 saturated heterocycles. The molecule has 2 N–H and O–H groups in total. The van der Waals surface area contributed by atoms with Gasteiger partial charge in [-0.2, -0.15) is 0 Å². The van der Waals surface area contributed by atoms with Gasteiger partial charge in [0.1, 0.15) is 17.1 Å². The molecule has 0 bridgehead atoms. The van der Waals surface area contributed by atoms with Gasteiger partial charge in [0.05, 0.1) is 11.6 Å². The van der Waals surface area contributed by atoms with Crippen molar-refractivity contribution in [1.82, 2.24) is 14.5 Å². The highest BCUT2D eigenvalue weighted by atomic mass is 16.5. The molecule has 5 rings (SSSR count). The topological polar surface area (TPSA) is 80.1 Å². The average Bonchev–Trinajstić information content (AvgIpc) is 3.13. The largest absolute Gasteiger partial charge is 0.454 e. The second-order valence-corrected chi connectivity index (χ2v) is 7.56. The number of imidazole rings is 1. The van der Waals surface area contributed by atoms with Crippen molar-refractivity contribution < 1.29 is 9.84 Å². The Hall–Kier alpha value is -3.38. The second kappa shape index (κ2) is 6.90. The van der Waals surface area contributed by atoms with Crippen molar-refractivity contribution in [3.8, 4) is 22.6 Å². The Kier molecular flexibility index (Phi) is 4.21. The number of pyridine rings is 1. The monoisotopic (exact) mass is 387 g/mol. The van der Waals surface area contributed by atoms with Gasteiger partial charge in [-0.15, -0.1) is 0 Å². The third-order valence-corrected chi connectivity index (χ3v) is 5.49. The minimum Gasteiger partial charge on any atom is -0.454 e. The lowest BCUT2D eigenvalue weighted by Gasteiger charge is -2.29. The second-order valence-electron chi connectivity index (χ2n) is 7.56. The SMILES string of the molecule is Cn1cc(-c2ccc3[nH]c(C4CC(O)C4)nc3c2Oc2ccccc2)ccc1=O. The standard InChI is InChI=1S/C23H21N3O3/c1-26-13-14(7-10-20(26)28)18-8-9-19-21(22(18)29-17-5-3-2-4-6-17)25-23(24-19)15-11-16(27)12-15/h2-10,13,15-16,27H,11-12H2,1H3,(H,24,25). The summed E-state index contributed by atoms with van der Waals surface area (Å²) < 4.78 is 7.85. The van der Waals surface area contributed by atoms with Gasteiger partial charge < -0.3 is 19.4 Å². The first kappa shape index (κ1) is 17.7. The van der Waals surface area contributed by atoms with Crippen LogP contribution < -0.4 is 10.3 Å². The lowest BCUT2D eigenvalue weighted by molar-refractivity contribution is 0.0720. The fourth-order valence-corrected chi connectivity index (χ4v) is 3.76. The summed E-state index contributed by atoms with van der Waals surface area (Å²) in [7, 11) is 1.73. The Bertz CT molecular complexity index is 1240. The van der Waals surface area contributed by atoms with Gasteiger partial charge in [0.25, 0.3) is 0 Å². The first-order valence-corrected chi connectivity index (χ1v) is 9.69. The number of fused-ring (bicyclic) bond motifs is 1. The van der Waals surface area contributed by atoms with E-state index in [1.54, 1.807) is 29.9 Å². The summed E-state index contributed by atoms with van der Waals surface area (Å²) in [6.45, 7) is 0. The molecule has 0 radical (unpaired) electrons. The van der Waals surface area contributed by atoms with Gasteiger partial charge >= 0.3 is 0 Å². The van der Waals surface area contributed by atoms with E-state index >= 15 is 0 Å². The number of aromatic amines is 1. The zero-order chi connectivity index (χ0) is 20.0. The van der Waals surface area contributed by atoms with Crippen molar-refractivity contribution in [2.75, 3.05) is 0 Å². The zero-order valence-electron chi connectivity index (χ0n) is 16.0. The lowest BCUT2D eigenvalue weighted by atomic mass is 9.82. The van der Waals surface area contributed by atoms with E-state index in [1.165, 1.54) is 0 Å². The van der Waals surface area contributed by atoms with Crippen molar-refractivity contribution in [2.24, 2.45) is 7.05 Å². The molecule has 0 atom stereocenters. The molecule has 0 unspecified atom stereocenters. The van der Waals surface area contributed by atoms with Crippen LogP contribution in [0.2, 0.25) is 0 Å². The van der Waals surface area contributed by atoms with E-state index < -0.39 is 0 Å². The van der Waals surface area contributed by atoms with Crippen LogP contribution in [0.25, 0.3) is 22.2 Å². The number of nitrogens with zero attached hydrogens (tertiary/aromatic N) is 2. The van der Waals surface area contributed by atoms with Gasteiger partial charge in [0.15, 0.2) is 5.75 Å². The molecular formula is C23H21N3O3. The summed E-state index contributed by atoms with van der Waals surface area (Å²) in [6.07, 6.45) is 3.01. The van der Waals surface area contributed by atoms with Crippen LogP contribution in [0.15, 0.2) is 65.6 Å². The quantitative estimate of drug-likeness (QED) is 0.555. The third-order valence-electron chi connectivity index (χ3n) is 5.49. The van der Waals surface area contributed by atoms with Crippen LogP contribution in [-0.2, 0) is 7.05 Å². The van der Waals surface area contributed by atoms with Crippen LogP contribution >= 0.6 is 0 Å². The maximum atomic E-state index is 11.8. The molecule has 0 aliphatic heterocycles. The average molecular weight is 387 g/mol. The number of aliphatic hydroxyl groups excluding tert-OH is 1. The molecular weight excluding hydrogens is 366 g/mol. The van der Waals surface area contributed by atoms with Crippen molar-refractivity contribution in [3.05, 3.63) is 77.0 Å². The van der Waals surface area contributed by atoms with Gasteiger partial charge in [0.2, 0.25) is 5.56 Å². The number of hydrogen-bond donors (Lipinski definition) is 2. The fourth-order valence-electron chi connectivity index (χ4n) is 3.76. The van der Waals surface area contributed by atoms with Crippen LogP contribution in [0.5, 0.6) is 11.5 Å². The predicted molar refractivity (Wildman–Crippen MR) is 111 cm³/mol. The van der Waals surface area contributed by atoms with Crippen LogP contribution in [0, 0.1) is 0 Å². The van der Waals surface area contributed by atoms with Crippen LogP contribution in [0.1, 0.15) is 24.6 Å². The zero-order valence-corrected chi connectivity index (χ0v) is 16.0. The number of benzene rings is 2. The summed E-state index contributed by atoms with van der Waals surface area (Å²) in [4.78, 5) is 20.0. The highest BCUT2D eigenvalue weighted by Gasteiger charge is 2.31. The number of aromatic nitrogens is 3. The molecule has 6 heteroatoms. The van der Waals surface area contributed by atoms with Gasteiger partial charge in [-0.1, -0.05) is 18.2 Å². The molecule has 2 aromatic heterocycles. The van der Waals surface area contributed by atoms with E-state index in [0.29, 0.717) is 5.75 Å². The van der Waals surface area contributed by atoms with E-state index in [1.807, 2.05) is 42.5 Å². The minimum absolute atomic E-state index is 0.0639. The Morgan fingerprint density at radius 2 is 1.90 bits per heavy atom. The highest BCUT2D eigenvalue weighted by Crippen LogP contribution is 2.41. The molecule has 1 saturated carbocycles. The number of hydrogen-bond acceptors (Lipinski definition) is 4. The van der Waals surface area contributed by atoms with Gasteiger partial charge in [0, 0.05) is 36.4 Å². The van der Waals surface area contributed by atoms with E-state index in [0.717, 1.165) is 46.6 Å². The van der Waals surface area contributed by atoms with Crippen LogP contribution in [0.4, 0.5) is 0 Å². The van der Waals surface area contributed by atoms with E-state index in [2.05, 4.69) is 4.98 Å². The smallest absolute Gasteiger partial charge is 0.250 e. The molecule has 4 aromatic rings. The normalized spacial score (nSPS) is 18.6. The minimum atomic E-state index is -0.241. The Balaban J connectivity index is 1.67. The van der Waals surface area contributed by atoms with E-state index in [9.17, 15) is 9.90 Å². The number of para-hydroxylation sites is 1.